The standard InChI is InChI=1S/C12H25N5O2S/c1-10(2)13-7-5-6-8-20(18,19)16-11(3)12-15-14-9-17(12)4/h9-11,13,16H,5-8H2,1-4H3. The lowest BCUT2D eigenvalue weighted by Crippen LogP contribution is -2.31. The zero-order chi connectivity index (χ0) is 15.2. The predicted octanol–water partition coefficient (Wildman–Crippen LogP) is 0.574. The minimum atomic E-state index is -3.28. The molecule has 0 aromatic carbocycles. The fraction of sp³-hybridized carbons (Fsp3) is 0.833. The first-order valence-electron chi connectivity index (χ1n) is 6.89. The maximum Gasteiger partial charge on any atom is 0.212 e. The van der Waals surface area contributed by atoms with Gasteiger partial charge in [0.05, 0.1) is 11.8 Å². The lowest BCUT2D eigenvalue weighted by molar-refractivity contribution is 0.541. The highest BCUT2D eigenvalue weighted by Crippen LogP contribution is 2.09. The Morgan fingerprint density at radius 3 is 2.55 bits per heavy atom. The molecule has 0 spiro atoms. The van der Waals surface area contributed by atoms with E-state index >= 15 is 0 Å². The summed E-state index contributed by atoms with van der Waals surface area (Å²) in [7, 11) is -1.49. The predicted molar refractivity (Wildman–Crippen MR) is 78.7 cm³/mol. The number of hydrogen-bond donors (Lipinski definition) is 2. The van der Waals surface area contributed by atoms with E-state index in [9.17, 15) is 8.42 Å². The van der Waals surface area contributed by atoms with Gasteiger partial charge in [-0.25, -0.2) is 13.1 Å². The second-order valence-electron chi connectivity index (χ2n) is 5.27. The monoisotopic (exact) mass is 303 g/mol. The van der Waals surface area contributed by atoms with Gasteiger partial charge in [0.1, 0.15) is 12.2 Å². The smallest absolute Gasteiger partial charge is 0.212 e. The Bertz CT molecular complexity index is 498. The van der Waals surface area contributed by atoms with Gasteiger partial charge in [0.2, 0.25) is 10.0 Å². The second-order valence-corrected chi connectivity index (χ2v) is 7.15. The fourth-order valence-electron chi connectivity index (χ4n) is 1.87. The fourth-order valence-corrected chi connectivity index (χ4v) is 3.22. The Morgan fingerprint density at radius 1 is 1.30 bits per heavy atom. The Labute approximate surface area is 121 Å². The molecule has 1 atom stereocenters. The molecule has 2 N–H and O–H groups in total. The van der Waals surface area contributed by atoms with E-state index in [2.05, 4.69) is 34.1 Å². The number of sulfonamides is 1. The molecule has 0 aliphatic rings. The summed E-state index contributed by atoms with van der Waals surface area (Å²) in [6.07, 6.45) is 3.04. The van der Waals surface area contributed by atoms with Crippen molar-refractivity contribution >= 4 is 10.0 Å². The number of aryl methyl sites for hydroxylation is 1. The van der Waals surface area contributed by atoms with Gasteiger partial charge < -0.3 is 9.88 Å². The molecular formula is C12H25N5O2S. The molecule has 1 unspecified atom stereocenters. The van der Waals surface area contributed by atoms with Gasteiger partial charge in [-0.05, 0) is 26.3 Å². The Kier molecular flexibility index (Phi) is 6.57. The van der Waals surface area contributed by atoms with Crippen LogP contribution >= 0.6 is 0 Å². The molecule has 0 amide bonds. The SMILES string of the molecule is CC(C)NCCCCS(=O)(=O)NC(C)c1nncn1C. The third kappa shape index (κ3) is 5.98. The Hall–Kier alpha value is -0.990. The van der Waals surface area contributed by atoms with Crippen molar-refractivity contribution in [3.05, 3.63) is 12.2 Å². The minimum absolute atomic E-state index is 0.134. The highest BCUT2D eigenvalue weighted by atomic mass is 32.2. The molecule has 0 aliphatic carbocycles. The summed E-state index contributed by atoms with van der Waals surface area (Å²) >= 11 is 0. The Balaban J connectivity index is 2.36. The van der Waals surface area contributed by atoms with Crippen LogP contribution in [-0.2, 0) is 17.1 Å². The van der Waals surface area contributed by atoms with Crippen molar-refractivity contribution in [3.8, 4) is 0 Å². The zero-order valence-corrected chi connectivity index (χ0v) is 13.4. The Morgan fingerprint density at radius 2 is 2.00 bits per heavy atom. The average Bonchev–Trinajstić information content (AvgIpc) is 2.74. The van der Waals surface area contributed by atoms with Crippen LogP contribution in [0.1, 0.15) is 45.5 Å². The highest BCUT2D eigenvalue weighted by molar-refractivity contribution is 7.89. The summed E-state index contributed by atoms with van der Waals surface area (Å²) in [6, 6.07) is 0.0574. The largest absolute Gasteiger partial charge is 0.319 e. The van der Waals surface area contributed by atoms with Gasteiger partial charge in [-0.15, -0.1) is 10.2 Å². The van der Waals surface area contributed by atoms with Crippen LogP contribution < -0.4 is 10.0 Å². The molecular weight excluding hydrogens is 278 g/mol. The molecule has 1 heterocycles. The number of nitrogens with one attached hydrogen (secondary N) is 2. The van der Waals surface area contributed by atoms with Crippen LogP contribution in [0.5, 0.6) is 0 Å². The van der Waals surface area contributed by atoms with E-state index in [0.717, 1.165) is 13.0 Å². The van der Waals surface area contributed by atoms with Gasteiger partial charge in [0, 0.05) is 13.1 Å². The van der Waals surface area contributed by atoms with Crippen molar-refractivity contribution in [2.45, 2.75) is 45.7 Å². The van der Waals surface area contributed by atoms with Crippen LogP contribution in [0, 0.1) is 0 Å². The molecule has 0 aliphatic heterocycles. The number of unbranched alkanes of at least 4 members (excludes halogenated alkanes) is 1. The van der Waals surface area contributed by atoms with Crippen molar-refractivity contribution in [1.82, 2.24) is 24.8 Å². The summed E-state index contributed by atoms with van der Waals surface area (Å²) in [5, 5.41) is 10.9. The van der Waals surface area contributed by atoms with Crippen molar-refractivity contribution in [1.29, 1.82) is 0 Å². The maximum atomic E-state index is 12.0. The van der Waals surface area contributed by atoms with E-state index in [-0.39, 0.29) is 11.8 Å². The molecule has 1 aromatic rings. The summed E-state index contributed by atoms with van der Waals surface area (Å²) in [6.45, 7) is 6.75. The van der Waals surface area contributed by atoms with Crippen LogP contribution in [-0.4, -0.2) is 41.5 Å². The zero-order valence-electron chi connectivity index (χ0n) is 12.6. The normalized spacial score (nSPS) is 13.8. The second kappa shape index (κ2) is 7.70. The van der Waals surface area contributed by atoms with Crippen LogP contribution in [0.2, 0.25) is 0 Å². The first-order chi connectivity index (χ1) is 9.32. The number of rotatable bonds is 9. The molecule has 1 aromatic heterocycles. The van der Waals surface area contributed by atoms with E-state index < -0.39 is 10.0 Å². The quantitative estimate of drug-likeness (QED) is 0.651. The first kappa shape index (κ1) is 17.1. The van der Waals surface area contributed by atoms with Crippen LogP contribution in [0.25, 0.3) is 0 Å². The molecule has 0 radical (unpaired) electrons. The lowest BCUT2D eigenvalue weighted by atomic mass is 10.3. The van der Waals surface area contributed by atoms with E-state index in [0.29, 0.717) is 18.3 Å². The van der Waals surface area contributed by atoms with E-state index in [4.69, 9.17) is 0 Å². The molecule has 0 bridgehead atoms. The van der Waals surface area contributed by atoms with E-state index in [1.165, 1.54) is 0 Å². The molecule has 1 rings (SSSR count). The van der Waals surface area contributed by atoms with Crippen molar-refractivity contribution < 1.29 is 8.42 Å². The topological polar surface area (TPSA) is 88.9 Å². The molecule has 8 heteroatoms. The molecule has 20 heavy (non-hydrogen) atoms. The molecule has 116 valence electrons. The molecule has 0 fully saturated rings. The minimum Gasteiger partial charge on any atom is -0.319 e. The summed E-state index contributed by atoms with van der Waals surface area (Å²) in [5.41, 5.74) is 0. The molecule has 7 nitrogen and oxygen atoms in total. The van der Waals surface area contributed by atoms with Gasteiger partial charge in [0.15, 0.2) is 0 Å². The highest BCUT2D eigenvalue weighted by Gasteiger charge is 2.18. The van der Waals surface area contributed by atoms with Gasteiger partial charge >= 0.3 is 0 Å². The van der Waals surface area contributed by atoms with E-state index in [1.807, 2.05) is 0 Å². The molecule has 0 saturated carbocycles. The first-order valence-corrected chi connectivity index (χ1v) is 8.54. The number of aromatic nitrogens is 3. The van der Waals surface area contributed by atoms with Gasteiger partial charge in [-0.2, -0.15) is 0 Å². The third-order valence-electron chi connectivity index (χ3n) is 2.88. The van der Waals surface area contributed by atoms with Gasteiger partial charge in [-0.1, -0.05) is 13.8 Å². The summed E-state index contributed by atoms with van der Waals surface area (Å²) < 4.78 is 28.2. The van der Waals surface area contributed by atoms with Gasteiger partial charge in [0.25, 0.3) is 0 Å². The van der Waals surface area contributed by atoms with Crippen molar-refractivity contribution in [2.75, 3.05) is 12.3 Å². The van der Waals surface area contributed by atoms with Gasteiger partial charge in [-0.3, -0.25) is 0 Å². The van der Waals surface area contributed by atoms with E-state index in [1.54, 1.807) is 24.9 Å². The summed E-state index contributed by atoms with van der Waals surface area (Å²) in [5.74, 6) is 0.740. The van der Waals surface area contributed by atoms with Crippen LogP contribution in [0.15, 0.2) is 6.33 Å². The van der Waals surface area contributed by atoms with Crippen LogP contribution in [0.3, 0.4) is 0 Å². The average molecular weight is 303 g/mol. The number of hydrogen-bond acceptors (Lipinski definition) is 5. The van der Waals surface area contributed by atoms with Crippen LogP contribution in [0.4, 0.5) is 0 Å². The maximum absolute atomic E-state index is 12.0. The van der Waals surface area contributed by atoms with Crippen molar-refractivity contribution in [3.63, 3.8) is 0 Å². The molecule has 0 saturated heterocycles. The summed E-state index contributed by atoms with van der Waals surface area (Å²) in [4.78, 5) is 0. The number of nitrogens with zero attached hydrogens (tertiary/aromatic N) is 3. The van der Waals surface area contributed by atoms with Crippen molar-refractivity contribution in [2.24, 2.45) is 7.05 Å². The lowest BCUT2D eigenvalue weighted by Gasteiger charge is -2.13. The third-order valence-corrected chi connectivity index (χ3v) is 4.42.